The van der Waals surface area contributed by atoms with Gasteiger partial charge in [-0.05, 0) is 11.6 Å². The lowest BCUT2D eigenvalue weighted by Gasteiger charge is -2.07. The van der Waals surface area contributed by atoms with Crippen molar-refractivity contribution in [2.75, 3.05) is 7.11 Å². The quantitative estimate of drug-likeness (QED) is 0.459. The number of benzene rings is 2. The molecule has 2 aromatic rings. The van der Waals surface area contributed by atoms with Crippen LogP contribution in [-0.2, 0) is 10.6 Å². The van der Waals surface area contributed by atoms with Crippen molar-refractivity contribution in [3.8, 4) is 0 Å². The van der Waals surface area contributed by atoms with Crippen LogP contribution in [0.15, 0.2) is 64.6 Å². The Balaban J connectivity index is 2.14. The molecule has 19 heavy (non-hydrogen) atoms. The molecule has 0 bridgehead atoms. The van der Waals surface area contributed by atoms with Gasteiger partial charge < -0.3 is 4.84 Å². The van der Waals surface area contributed by atoms with Crippen LogP contribution in [0.4, 0.5) is 0 Å². The van der Waals surface area contributed by atoms with Crippen LogP contribution in [-0.4, -0.2) is 12.3 Å². The van der Waals surface area contributed by atoms with E-state index in [0.29, 0.717) is 5.17 Å². The number of thioether (sulfide) groups is 1. The Kier molecular flexibility index (Phi) is 5.31. The van der Waals surface area contributed by atoms with Crippen molar-refractivity contribution >= 4 is 28.5 Å². The van der Waals surface area contributed by atoms with E-state index < -0.39 is 0 Å². The van der Waals surface area contributed by atoms with Gasteiger partial charge in [0.05, 0.1) is 0 Å². The van der Waals surface area contributed by atoms with Gasteiger partial charge in [-0.3, -0.25) is 0 Å². The smallest absolute Gasteiger partial charge is 0.176 e. The Hall–Kier alpha value is -1.45. The molecule has 2 nitrogen and oxygen atoms in total. The predicted octanol–water partition coefficient (Wildman–Crippen LogP) is 4.53. The molecule has 2 rings (SSSR count). The summed E-state index contributed by atoms with van der Waals surface area (Å²) < 4.78 is 0. The third-order valence-corrected chi connectivity index (χ3v) is 3.94. The average molecular weight is 292 g/mol. The maximum absolute atomic E-state index is 6.10. The lowest BCUT2D eigenvalue weighted by atomic mass is 10.2. The first-order valence-corrected chi connectivity index (χ1v) is 7.20. The minimum atomic E-state index is 0.374. The third-order valence-electron chi connectivity index (χ3n) is 2.52. The van der Waals surface area contributed by atoms with E-state index in [9.17, 15) is 0 Å². The highest BCUT2D eigenvalue weighted by molar-refractivity contribution is 7.98. The highest BCUT2D eigenvalue weighted by Gasteiger charge is 2.08. The van der Waals surface area contributed by atoms with E-state index >= 15 is 0 Å². The molecule has 0 saturated carbocycles. The fourth-order valence-corrected chi connectivity index (χ4v) is 2.93. The lowest BCUT2D eigenvalue weighted by molar-refractivity contribution is 0.214. The fraction of sp³-hybridized carbons (Fsp3) is 0.133. The molecule has 0 spiro atoms. The molecule has 0 N–H and O–H groups in total. The zero-order valence-electron chi connectivity index (χ0n) is 10.5. The second-order valence-electron chi connectivity index (χ2n) is 3.84. The highest BCUT2D eigenvalue weighted by Crippen LogP contribution is 2.27. The Bertz CT molecular complexity index is 557. The maximum Gasteiger partial charge on any atom is 0.176 e. The first-order valence-electron chi connectivity index (χ1n) is 5.84. The van der Waals surface area contributed by atoms with Crippen molar-refractivity contribution < 1.29 is 4.84 Å². The van der Waals surface area contributed by atoms with Crippen LogP contribution in [0, 0.1) is 0 Å². The standard InChI is InChI=1S/C15H14ClNOS/c1-18-17-15(16)13-9-5-6-10-14(13)19-11-12-7-3-2-4-8-12/h2-10H,11H2,1H3. The Morgan fingerprint density at radius 2 is 1.79 bits per heavy atom. The van der Waals surface area contributed by atoms with Crippen LogP contribution in [0.25, 0.3) is 0 Å². The van der Waals surface area contributed by atoms with Crippen LogP contribution >= 0.6 is 23.4 Å². The maximum atomic E-state index is 6.10. The molecule has 98 valence electrons. The zero-order chi connectivity index (χ0) is 13.5. The molecule has 0 radical (unpaired) electrons. The summed E-state index contributed by atoms with van der Waals surface area (Å²) in [4.78, 5) is 5.82. The minimum Gasteiger partial charge on any atom is -0.398 e. The molecule has 0 aliphatic rings. The molecule has 0 heterocycles. The summed E-state index contributed by atoms with van der Waals surface area (Å²) in [6.07, 6.45) is 0. The van der Waals surface area contributed by atoms with Crippen molar-refractivity contribution in [2.24, 2.45) is 5.16 Å². The van der Waals surface area contributed by atoms with Crippen molar-refractivity contribution in [1.29, 1.82) is 0 Å². The summed E-state index contributed by atoms with van der Waals surface area (Å²) >= 11 is 7.84. The Labute approximate surface area is 122 Å². The molecule has 2 aromatic carbocycles. The van der Waals surface area contributed by atoms with Gasteiger partial charge in [0, 0.05) is 16.2 Å². The molecule has 4 heteroatoms. The number of rotatable bonds is 5. The molecule has 0 amide bonds. The number of halogens is 1. The minimum absolute atomic E-state index is 0.374. The van der Waals surface area contributed by atoms with E-state index in [1.165, 1.54) is 12.7 Å². The van der Waals surface area contributed by atoms with Crippen molar-refractivity contribution in [3.05, 3.63) is 65.7 Å². The number of hydrogen-bond acceptors (Lipinski definition) is 3. The summed E-state index contributed by atoms with van der Waals surface area (Å²) in [6, 6.07) is 18.2. The van der Waals surface area contributed by atoms with Crippen molar-refractivity contribution in [2.45, 2.75) is 10.6 Å². The van der Waals surface area contributed by atoms with E-state index in [1.807, 2.05) is 42.5 Å². The SMILES string of the molecule is CON=C(Cl)c1ccccc1SCc1ccccc1. The van der Waals surface area contributed by atoms with Crippen LogP contribution in [0.1, 0.15) is 11.1 Å². The van der Waals surface area contributed by atoms with Crippen LogP contribution in [0.3, 0.4) is 0 Å². The van der Waals surface area contributed by atoms with Crippen LogP contribution in [0.2, 0.25) is 0 Å². The van der Waals surface area contributed by atoms with Gasteiger partial charge in [-0.2, -0.15) is 0 Å². The molecule has 0 unspecified atom stereocenters. The highest BCUT2D eigenvalue weighted by atomic mass is 35.5. The largest absolute Gasteiger partial charge is 0.398 e. The fourth-order valence-electron chi connectivity index (χ4n) is 1.63. The second kappa shape index (κ2) is 7.22. The van der Waals surface area contributed by atoms with Crippen molar-refractivity contribution in [3.63, 3.8) is 0 Å². The third kappa shape index (κ3) is 4.01. The molecule has 0 saturated heterocycles. The van der Waals surface area contributed by atoms with E-state index in [1.54, 1.807) is 11.8 Å². The van der Waals surface area contributed by atoms with Gasteiger partial charge in [-0.15, -0.1) is 11.8 Å². The van der Waals surface area contributed by atoms with E-state index in [0.717, 1.165) is 16.2 Å². The van der Waals surface area contributed by atoms with Gasteiger partial charge >= 0.3 is 0 Å². The topological polar surface area (TPSA) is 21.6 Å². The second-order valence-corrected chi connectivity index (χ2v) is 5.21. The Morgan fingerprint density at radius 3 is 2.53 bits per heavy atom. The molecule has 0 atom stereocenters. The lowest BCUT2D eigenvalue weighted by Crippen LogP contribution is -1.95. The monoisotopic (exact) mass is 291 g/mol. The summed E-state index contributed by atoms with van der Waals surface area (Å²) in [5.41, 5.74) is 2.18. The summed E-state index contributed by atoms with van der Waals surface area (Å²) in [7, 11) is 1.49. The number of hydrogen-bond donors (Lipinski definition) is 0. The first-order chi connectivity index (χ1) is 9.31. The van der Waals surface area contributed by atoms with Crippen LogP contribution < -0.4 is 0 Å². The number of oxime groups is 1. The molecule has 0 fully saturated rings. The molecule has 0 aromatic heterocycles. The van der Waals surface area contributed by atoms with Gasteiger partial charge in [-0.1, -0.05) is 65.3 Å². The van der Waals surface area contributed by atoms with E-state index in [-0.39, 0.29) is 0 Å². The van der Waals surface area contributed by atoms with Gasteiger partial charge in [0.25, 0.3) is 0 Å². The summed E-state index contributed by atoms with van der Waals surface area (Å²) in [5.74, 6) is 0.898. The van der Waals surface area contributed by atoms with E-state index in [4.69, 9.17) is 16.4 Å². The summed E-state index contributed by atoms with van der Waals surface area (Å²) in [5, 5.41) is 4.15. The zero-order valence-corrected chi connectivity index (χ0v) is 12.1. The van der Waals surface area contributed by atoms with Crippen LogP contribution in [0.5, 0.6) is 0 Å². The molecular formula is C15H14ClNOS. The molecular weight excluding hydrogens is 278 g/mol. The van der Waals surface area contributed by atoms with Gasteiger partial charge in [-0.25, -0.2) is 0 Å². The normalized spacial score (nSPS) is 11.4. The molecule has 0 aliphatic heterocycles. The van der Waals surface area contributed by atoms with Crippen molar-refractivity contribution in [1.82, 2.24) is 0 Å². The van der Waals surface area contributed by atoms with Gasteiger partial charge in [0.1, 0.15) is 7.11 Å². The first kappa shape index (κ1) is 14.0. The van der Waals surface area contributed by atoms with Gasteiger partial charge in [0.2, 0.25) is 0 Å². The molecule has 0 aliphatic carbocycles. The average Bonchev–Trinajstić information content (AvgIpc) is 2.47. The summed E-state index contributed by atoms with van der Waals surface area (Å²) in [6.45, 7) is 0. The van der Waals surface area contributed by atoms with E-state index in [2.05, 4.69) is 17.3 Å². The number of nitrogens with zero attached hydrogens (tertiary/aromatic N) is 1. The predicted molar refractivity (Wildman–Crippen MR) is 81.8 cm³/mol. The van der Waals surface area contributed by atoms with Gasteiger partial charge in [0.15, 0.2) is 5.17 Å². The Morgan fingerprint density at radius 1 is 1.11 bits per heavy atom.